The van der Waals surface area contributed by atoms with E-state index in [1.165, 1.54) is 18.4 Å². The van der Waals surface area contributed by atoms with Crippen LogP contribution in [0, 0.1) is 5.92 Å². The standard InChI is InChI=1S/C15H20N2O5S/c1-21-13(19)7-11-9-23-15(16-11)17-12(18)8-22-14(20)10-5-3-2-4-6-10/h9-10H,2-8H2,1H3,(H,16,17,18). The number of carbonyl (C=O) groups excluding carboxylic acids is 3. The highest BCUT2D eigenvalue weighted by Gasteiger charge is 2.23. The molecule has 1 saturated carbocycles. The van der Waals surface area contributed by atoms with Crippen LogP contribution in [0.5, 0.6) is 0 Å². The molecule has 0 radical (unpaired) electrons. The van der Waals surface area contributed by atoms with Gasteiger partial charge in [0, 0.05) is 5.38 Å². The third-order valence-electron chi connectivity index (χ3n) is 3.64. The van der Waals surface area contributed by atoms with E-state index in [2.05, 4.69) is 15.0 Å². The van der Waals surface area contributed by atoms with Gasteiger partial charge in [0.15, 0.2) is 11.7 Å². The van der Waals surface area contributed by atoms with Crippen molar-refractivity contribution in [2.45, 2.75) is 38.5 Å². The van der Waals surface area contributed by atoms with Gasteiger partial charge < -0.3 is 9.47 Å². The van der Waals surface area contributed by atoms with Crippen molar-refractivity contribution in [3.8, 4) is 0 Å². The van der Waals surface area contributed by atoms with Crippen molar-refractivity contribution in [2.75, 3.05) is 19.0 Å². The van der Waals surface area contributed by atoms with Crippen LogP contribution in [0.25, 0.3) is 0 Å². The molecule has 1 amide bonds. The van der Waals surface area contributed by atoms with Crippen LogP contribution in [0.1, 0.15) is 37.8 Å². The molecule has 1 fully saturated rings. The number of amides is 1. The molecule has 1 aromatic rings. The number of rotatable bonds is 6. The topological polar surface area (TPSA) is 94.6 Å². The quantitative estimate of drug-likeness (QED) is 0.795. The molecule has 1 N–H and O–H groups in total. The summed E-state index contributed by atoms with van der Waals surface area (Å²) in [5, 5.41) is 4.58. The van der Waals surface area contributed by atoms with Crippen molar-refractivity contribution in [3.05, 3.63) is 11.1 Å². The Labute approximate surface area is 138 Å². The molecule has 7 nitrogen and oxygen atoms in total. The molecule has 0 saturated heterocycles. The molecule has 0 spiro atoms. The molecular formula is C15H20N2O5S. The van der Waals surface area contributed by atoms with E-state index in [4.69, 9.17) is 4.74 Å². The maximum absolute atomic E-state index is 11.8. The summed E-state index contributed by atoms with van der Waals surface area (Å²) >= 11 is 1.20. The molecule has 0 aromatic carbocycles. The Kier molecular flexibility index (Phi) is 6.52. The van der Waals surface area contributed by atoms with Crippen LogP contribution >= 0.6 is 11.3 Å². The zero-order valence-corrected chi connectivity index (χ0v) is 13.8. The number of hydrogen-bond donors (Lipinski definition) is 1. The first-order valence-corrected chi connectivity index (χ1v) is 8.44. The number of methoxy groups -OCH3 is 1. The predicted molar refractivity (Wildman–Crippen MR) is 84.0 cm³/mol. The van der Waals surface area contributed by atoms with Crippen molar-refractivity contribution in [2.24, 2.45) is 5.92 Å². The van der Waals surface area contributed by atoms with Gasteiger partial charge in [0.25, 0.3) is 5.91 Å². The van der Waals surface area contributed by atoms with Crippen LogP contribution in [0.4, 0.5) is 5.13 Å². The molecule has 1 aromatic heterocycles. The molecule has 0 aliphatic heterocycles. The van der Waals surface area contributed by atoms with Crippen LogP contribution in [0.15, 0.2) is 5.38 Å². The van der Waals surface area contributed by atoms with E-state index in [0.717, 1.165) is 32.1 Å². The molecule has 1 aliphatic rings. The highest BCUT2D eigenvalue weighted by molar-refractivity contribution is 7.13. The van der Waals surface area contributed by atoms with E-state index in [0.29, 0.717) is 10.8 Å². The third kappa shape index (κ3) is 5.63. The Bertz CT molecular complexity index is 566. The van der Waals surface area contributed by atoms with Crippen molar-refractivity contribution in [3.63, 3.8) is 0 Å². The predicted octanol–water partition coefficient (Wildman–Crippen LogP) is 1.92. The molecule has 0 atom stereocenters. The molecule has 126 valence electrons. The number of ether oxygens (including phenoxy) is 2. The summed E-state index contributed by atoms with van der Waals surface area (Å²) in [5.74, 6) is -1.21. The largest absolute Gasteiger partial charge is 0.469 e. The Morgan fingerprint density at radius 1 is 1.30 bits per heavy atom. The van der Waals surface area contributed by atoms with Gasteiger partial charge >= 0.3 is 11.9 Å². The van der Waals surface area contributed by atoms with Crippen LogP contribution in [0.2, 0.25) is 0 Å². The minimum Gasteiger partial charge on any atom is -0.469 e. The van der Waals surface area contributed by atoms with Gasteiger partial charge in [-0.1, -0.05) is 19.3 Å². The van der Waals surface area contributed by atoms with Gasteiger partial charge in [-0.05, 0) is 12.8 Å². The highest BCUT2D eigenvalue weighted by Crippen LogP contribution is 2.24. The Balaban J connectivity index is 1.74. The van der Waals surface area contributed by atoms with Gasteiger partial charge in [-0.15, -0.1) is 11.3 Å². The Hall–Kier alpha value is -1.96. The van der Waals surface area contributed by atoms with Crippen LogP contribution in [0.3, 0.4) is 0 Å². The van der Waals surface area contributed by atoms with Crippen LogP contribution in [-0.4, -0.2) is 36.5 Å². The fourth-order valence-electron chi connectivity index (χ4n) is 2.41. The van der Waals surface area contributed by atoms with Gasteiger partial charge in [-0.25, -0.2) is 4.98 Å². The molecule has 1 heterocycles. The summed E-state index contributed by atoms with van der Waals surface area (Å²) in [6.07, 6.45) is 4.96. The zero-order valence-electron chi connectivity index (χ0n) is 13.0. The maximum atomic E-state index is 11.8. The second-order valence-corrected chi connectivity index (χ2v) is 6.25. The number of thiazole rings is 1. The van der Waals surface area contributed by atoms with Crippen molar-refractivity contribution >= 4 is 34.3 Å². The minimum atomic E-state index is -0.437. The summed E-state index contributed by atoms with van der Waals surface area (Å²) in [6, 6.07) is 0. The lowest BCUT2D eigenvalue weighted by Gasteiger charge is -2.19. The second-order valence-electron chi connectivity index (χ2n) is 5.39. The van der Waals surface area contributed by atoms with Crippen molar-refractivity contribution in [1.29, 1.82) is 0 Å². The van der Waals surface area contributed by atoms with Crippen molar-refractivity contribution < 1.29 is 23.9 Å². The fraction of sp³-hybridized carbons (Fsp3) is 0.600. The van der Waals surface area contributed by atoms with Gasteiger partial charge in [0.05, 0.1) is 25.1 Å². The van der Waals surface area contributed by atoms with E-state index in [9.17, 15) is 14.4 Å². The molecular weight excluding hydrogens is 320 g/mol. The summed E-state index contributed by atoms with van der Waals surface area (Å²) < 4.78 is 9.60. The SMILES string of the molecule is COC(=O)Cc1csc(NC(=O)COC(=O)C2CCCCC2)n1. The molecule has 0 bridgehead atoms. The smallest absolute Gasteiger partial charge is 0.311 e. The Morgan fingerprint density at radius 3 is 2.74 bits per heavy atom. The summed E-state index contributed by atoms with van der Waals surface area (Å²) in [7, 11) is 1.30. The lowest BCUT2D eigenvalue weighted by molar-refractivity contribution is -0.152. The molecule has 8 heteroatoms. The normalized spacial score (nSPS) is 15.0. The fourth-order valence-corrected chi connectivity index (χ4v) is 3.14. The number of esters is 2. The van der Waals surface area contributed by atoms with Gasteiger partial charge in [-0.2, -0.15) is 0 Å². The number of carbonyl (C=O) groups is 3. The molecule has 23 heavy (non-hydrogen) atoms. The van der Waals surface area contributed by atoms with E-state index < -0.39 is 11.9 Å². The number of aromatic nitrogens is 1. The lowest BCUT2D eigenvalue weighted by Crippen LogP contribution is -2.26. The first kappa shape index (κ1) is 17.4. The maximum Gasteiger partial charge on any atom is 0.311 e. The van der Waals surface area contributed by atoms with Gasteiger partial charge in [0.1, 0.15) is 0 Å². The lowest BCUT2D eigenvalue weighted by atomic mass is 9.89. The van der Waals surface area contributed by atoms with Crippen LogP contribution in [-0.2, 0) is 30.3 Å². The summed E-state index contributed by atoms with van der Waals surface area (Å²) in [6.45, 7) is -0.318. The van der Waals surface area contributed by atoms with E-state index in [1.54, 1.807) is 5.38 Å². The third-order valence-corrected chi connectivity index (χ3v) is 4.44. The monoisotopic (exact) mass is 340 g/mol. The average Bonchev–Trinajstić information content (AvgIpc) is 3.00. The number of hydrogen-bond acceptors (Lipinski definition) is 7. The number of nitrogens with zero attached hydrogens (tertiary/aromatic N) is 1. The average molecular weight is 340 g/mol. The van der Waals surface area contributed by atoms with Crippen LogP contribution < -0.4 is 5.32 Å². The summed E-state index contributed by atoms with van der Waals surface area (Å²) in [4.78, 5) is 38.9. The highest BCUT2D eigenvalue weighted by atomic mass is 32.1. The first-order valence-electron chi connectivity index (χ1n) is 7.56. The van der Waals surface area contributed by atoms with E-state index in [-0.39, 0.29) is 24.9 Å². The van der Waals surface area contributed by atoms with Crippen molar-refractivity contribution in [1.82, 2.24) is 4.98 Å². The molecule has 0 unspecified atom stereocenters. The van der Waals surface area contributed by atoms with E-state index in [1.807, 2.05) is 0 Å². The number of anilines is 1. The second kappa shape index (κ2) is 8.61. The number of nitrogens with one attached hydrogen (secondary N) is 1. The van der Waals surface area contributed by atoms with E-state index >= 15 is 0 Å². The van der Waals surface area contributed by atoms with Gasteiger partial charge in [-0.3, -0.25) is 19.7 Å². The Morgan fingerprint density at radius 2 is 2.04 bits per heavy atom. The molecule has 1 aliphatic carbocycles. The molecule has 2 rings (SSSR count). The summed E-state index contributed by atoms with van der Waals surface area (Å²) in [5.41, 5.74) is 0.524. The van der Waals surface area contributed by atoms with Gasteiger partial charge in [0.2, 0.25) is 0 Å². The first-order chi connectivity index (χ1) is 11.1. The minimum absolute atomic E-state index is 0.0551. The zero-order chi connectivity index (χ0) is 16.7.